The van der Waals surface area contributed by atoms with Crippen molar-refractivity contribution in [3.63, 3.8) is 0 Å². The highest BCUT2D eigenvalue weighted by Crippen LogP contribution is 2.10. The van der Waals surface area contributed by atoms with E-state index >= 15 is 0 Å². The molecule has 3 heteroatoms. The normalized spacial score (nSPS) is 24.9. The minimum atomic E-state index is -0.198. The summed E-state index contributed by atoms with van der Waals surface area (Å²) < 4.78 is 0. The van der Waals surface area contributed by atoms with Crippen LogP contribution in [0.4, 0.5) is 0 Å². The fourth-order valence-electron chi connectivity index (χ4n) is 1.09. The summed E-state index contributed by atoms with van der Waals surface area (Å²) >= 11 is 0. The first-order valence-electron chi connectivity index (χ1n) is 3.36. The van der Waals surface area contributed by atoms with E-state index in [-0.39, 0.29) is 11.8 Å². The average molecular weight is 140 g/mol. The molecule has 0 bridgehead atoms. The number of nitrogens with two attached hydrogens (primary N) is 1. The van der Waals surface area contributed by atoms with Crippen molar-refractivity contribution in [2.45, 2.75) is 6.42 Å². The van der Waals surface area contributed by atoms with Crippen molar-refractivity contribution < 1.29 is 4.79 Å². The van der Waals surface area contributed by atoms with Crippen molar-refractivity contribution in [3.05, 3.63) is 12.3 Å². The first kappa shape index (κ1) is 7.12. The maximum absolute atomic E-state index is 10.7. The molecular weight excluding hydrogens is 128 g/mol. The van der Waals surface area contributed by atoms with Crippen molar-refractivity contribution in [2.75, 3.05) is 13.6 Å². The Kier molecular flexibility index (Phi) is 1.94. The van der Waals surface area contributed by atoms with Crippen molar-refractivity contribution in [3.8, 4) is 0 Å². The van der Waals surface area contributed by atoms with Gasteiger partial charge in [-0.3, -0.25) is 4.79 Å². The summed E-state index contributed by atoms with van der Waals surface area (Å²) in [6.45, 7) is 0.756. The van der Waals surface area contributed by atoms with Gasteiger partial charge in [-0.25, -0.2) is 0 Å². The van der Waals surface area contributed by atoms with E-state index in [0.29, 0.717) is 0 Å². The van der Waals surface area contributed by atoms with E-state index in [2.05, 4.69) is 0 Å². The number of carbonyl (C=O) groups excluding carboxylic acids is 1. The van der Waals surface area contributed by atoms with Gasteiger partial charge in [0.05, 0.1) is 5.92 Å². The third-order valence-corrected chi connectivity index (χ3v) is 1.69. The lowest BCUT2D eigenvalue weighted by atomic mass is 10.0. The monoisotopic (exact) mass is 140 g/mol. The van der Waals surface area contributed by atoms with E-state index in [9.17, 15) is 4.79 Å². The number of nitrogens with zero attached hydrogens (tertiary/aromatic N) is 1. The van der Waals surface area contributed by atoms with Gasteiger partial charge in [0.1, 0.15) is 0 Å². The lowest BCUT2D eigenvalue weighted by molar-refractivity contribution is -0.122. The van der Waals surface area contributed by atoms with Crippen LogP contribution in [0.3, 0.4) is 0 Å². The Morgan fingerprint density at radius 1 is 1.80 bits per heavy atom. The minimum absolute atomic E-state index is 0.00926. The van der Waals surface area contributed by atoms with Crippen LogP contribution >= 0.6 is 0 Å². The van der Waals surface area contributed by atoms with Crippen LogP contribution in [0.2, 0.25) is 0 Å². The van der Waals surface area contributed by atoms with E-state index in [1.54, 1.807) is 0 Å². The summed E-state index contributed by atoms with van der Waals surface area (Å²) in [4.78, 5) is 12.6. The van der Waals surface area contributed by atoms with Gasteiger partial charge >= 0.3 is 0 Å². The van der Waals surface area contributed by atoms with Crippen molar-refractivity contribution in [1.82, 2.24) is 4.90 Å². The predicted molar refractivity (Wildman–Crippen MR) is 39.1 cm³/mol. The first-order chi connectivity index (χ1) is 4.70. The van der Waals surface area contributed by atoms with Crippen molar-refractivity contribution in [2.24, 2.45) is 11.7 Å². The smallest absolute Gasteiger partial charge is 0.222 e. The summed E-state index contributed by atoms with van der Waals surface area (Å²) in [5, 5.41) is 0. The first-order valence-corrected chi connectivity index (χ1v) is 3.36. The molecule has 0 saturated heterocycles. The Balaban J connectivity index is 2.52. The van der Waals surface area contributed by atoms with Crippen LogP contribution < -0.4 is 5.73 Å². The van der Waals surface area contributed by atoms with Crippen LogP contribution in [-0.2, 0) is 4.79 Å². The van der Waals surface area contributed by atoms with Crippen LogP contribution in [0, 0.1) is 5.92 Å². The van der Waals surface area contributed by atoms with Gasteiger partial charge in [0.2, 0.25) is 5.91 Å². The van der Waals surface area contributed by atoms with Gasteiger partial charge in [-0.15, -0.1) is 0 Å². The standard InChI is InChI=1S/C7H12N2O/c1-9-4-2-3-6(5-9)7(8)10/h2,4,6H,3,5H2,1H3,(H2,8,10). The van der Waals surface area contributed by atoms with Gasteiger partial charge in [-0.05, 0) is 12.6 Å². The molecule has 10 heavy (non-hydrogen) atoms. The number of hydrogen-bond donors (Lipinski definition) is 1. The molecular formula is C7H12N2O. The number of allylic oxidation sites excluding steroid dienone is 1. The molecule has 1 aliphatic heterocycles. The zero-order valence-electron chi connectivity index (χ0n) is 6.08. The van der Waals surface area contributed by atoms with Crippen LogP contribution in [0.25, 0.3) is 0 Å². The molecule has 1 amide bonds. The van der Waals surface area contributed by atoms with Gasteiger partial charge in [0.25, 0.3) is 0 Å². The van der Waals surface area contributed by atoms with Gasteiger partial charge in [-0.2, -0.15) is 0 Å². The van der Waals surface area contributed by atoms with Gasteiger partial charge in [0.15, 0.2) is 0 Å². The van der Waals surface area contributed by atoms with E-state index in [4.69, 9.17) is 5.73 Å². The summed E-state index contributed by atoms with van der Waals surface area (Å²) in [6, 6.07) is 0. The topological polar surface area (TPSA) is 46.3 Å². The van der Waals surface area contributed by atoms with Crippen LogP contribution in [0.1, 0.15) is 6.42 Å². The third-order valence-electron chi connectivity index (χ3n) is 1.69. The predicted octanol–water partition coefficient (Wildman–Crippen LogP) is -0.0629. The molecule has 1 rings (SSSR count). The number of primary amides is 1. The molecule has 0 aromatic carbocycles. The lowest BCUT2D eigenvalue weighted by Crippen LogP contribution is -2.33. The molecule has 1 aliphatic rings. The molecule has 1 atom stereocenters. The quantitative estimate of drug-likeness (QED) is 0.554. The zero-order chi connectivity index (χ0) is 7.56. The van der Waals surface area contributed by atoms with Gasteiger partial charge in [0, 0.05) is 13.6 Å². The molecule has 0 spiro atoms. The molecule has 0 radical (unpaired) electrons. The maximum atomic E-state index is 10.7. The molecule has 0 saturated carbocycles. The second-order valence-electron chi connectivity index (χ2n) is 2.66. The number of carbonyl (C=O) groups is 1. The fraction of sp³-hybridized carbons (Fsp3) is 0.571. The SMILES string of the molecule is CN1C=CCC(C(N)=O)C1. The molecule has 3 nitrogen and oxygen atoms in total. The Morgan fingerprint density at radius 3 is 2.90 bits per heavy atom. The van der Waals surface area contributed by atoms with Crippen LogP contribution in [0.15, 0.2) is 12.3 Å². The number of amides is 1. The maximum Gasteiger partial charge on any atom is 0.222 e. The molecule has 0 aliphatic carbocycles. The highest BCUT2D eigenvalue weighted by molar-refractivity contribution is 5.77. The van der Waals surface area contributed by atoms with Crippen molar-refractivity contribution >= 4 is 5.91 Å². The fourth-order valence-corrected chi connectivity index (χ4v) is 1.09. The molecule has 0 fully saturated rings. The molecule has 0 aromatic rings. The average Bonchev–Trinajstić information content (AvgIpc) is 1.88. The molecule has 1 heterocycles. The summed E-state index contributed by atoms with van der Waals surface area (Å²) in [5.41, 5.74) is 5.13. The minimum Gasteiger partial charge on any atom is -0.380 e. The Hall–Kier alpha value is -0.990. The Bertz CT molecular complexity index is 165. The Morgan fingerprint density at radius 2 is 2.50 bits per heavy atom. The molecule has 0 aromatic heterocycles. The number of hydrogen-bond acceptors (Lipinski definition) is 2. The highest BCUT2D eigenvalue weighted by atomic mass is 16.1. The molecule has 2 N–H and O–H groups in total. The largest absolute Gasteiger partial charge is 0.380 e. The van der Waals surface area contributed by atoms with Crippen LogP contribution in [0.5, 0.6) is 0 Å². The summed E-state index contributed by atoms with van der Waals surface area (Å²) in [7, 11) is 1.94. The summed E-state index contributed by atoms with van der Waals surface area (Å²) in [6.07, 6.45) is 4.73. The number of rotatable bonds is 1. The second kappa shape index (κ2) is 2.73. The van der Waals surface area contributed by atoms with Crippen molar-refractivity contribution in [1.29, 1.82) is 0 Å². The second-order valence-corrected chi connectivity index (χ2v) is 2.66. The molecule has 56 valence electrons. The van der Waals surface area contributed by atoms with Crippen LogP contribution in [-0.4, -0.2) is 24.4 Å². The Labute approximate surface area is 60.5 Å². The van der Waals surface area contributed by atoms with Gasteiger partial charge in [-0.1, -0.05) is 6.08 Å². The summed E-state index contributed by atoms with van der Waals surface area (Å²) in [5.74, 6) is -0.189. The van der Waals surface area contributed by atoms with Gasteiger partial charge < -0.3 is 10.6 Å². The van der Waals surface area contributed by atoms with E-state index in [1.165, 1.54) is 0 Å². The zero-order valence-corrected chi connectivity index (χ0v) is 6.08. The van der Waals surface area contributed by atoms with E-state index in [1.807, 2.05) is 24.2 Å². The molecule has 1 unspecified atom stereocenters. The third kappa shape index (κ3) is 1.50. The van der Waals surface area contributed by atoms with E-state index < -0.39 is 0 Å². The highest BCUT2D eigenvalue weighted by Gasteiger charge is 2.17. The lowest BCUT2D eigenvalue weighted by Gasteiger charge is -2.23. The van der Waals surface area contributed by atoms with E-state index in [0.717, 1.165) is 13.0 Å².